The van der Waals surface area contributed by atoms with E-state index in [4.69, 9.17) is 4.74 Å². The summed E-state index contributed by atoms with van der Waals surface area (Å²) >= 11 is 0. The third-order valence-electron chi connectivity index (χ3n) is 3.85. The zero-order chi connectivity index (χ0) is 16.7. The second kappa shape index (κ2) is 8.22. The molecule has 0 aliphatic carbocycles. The monoisotopic (exact) mass is 312 g/mol. The maximum atomic E-state index is 12.2. The van der Waals surface area contributed by atoms with Crippen LogP contribution < -0.4 is 15.0 Å². The van der Waals surface area contributed by atoms with Gasteiger partial charge in [0.1, 0.15) is 5.75 Å². The number of nitrogens with one attached hydrogen (secondary N) is 1. The topological polar surface area (TPSA) is 41.6 Å². The van der Waals surface area contributed by atoms with Crippen LogP contribution in [-0.4, -0.2) is 26.1 Å². The van der Waals surface area contributed by atoms with Crippen LogP contribution in [0.3, 0.4) is 0 Å². The number of amides is 1. The second-order valence-electron chi connectivity index (χ2n) is 5.25. The summed E-state index contributed by atoms with van der Waals surface area (Å²) in [6.07, 6.45) is 0. The van der Waals surface area contributed by atoms with Crippen molar-refractivity contribution in [2.24, 2.45) is 0 Å². The van der Waals surface area contributed by atoms with Crippen LogP contribution in [0.5, 0.6) is 5.75 Å². The zero-order valence-corrected chi connectivity index (χ0v) is 14.0. The molecule has 2 aromatic carbocycles. The lowest BCUT2D eigenvalue weighted by Gasteiger charge is -2.21. The summed E-state index contributed by atoms with van der Waals surface area (Å²) in [7, 11) is 1.59. The third-order valence-corrected chi connectivity index (χ3v) is 3.85. The van der Waals surface area contributed by atoms with E-state index in [1.54, 1.807) is 19.2 Å². The lowest BCUT2D eigenvalue weighted by atomic mass is 10.1. The van der Waals surface area contributed by atoms with Crippen molar-refractivity contribution in [3.05, 3.63) is 59.7 Å². The van der Waals surface area contributed by atoms with E-state index in [1.165, 1.54) is 5.69 Å². The van der Waals surface area contributed by atoms with Crippen molar-refractivity contribution in [3.63, 3.8) is 0 Å². The normalized spacial score (nSPS) is 10.2. The average molecular weight is 312 g/mol. The van der Waals surface area contributed by atoms with Crippen LogP contribution in [0.25, 0.3) is 0 Å². The lowest BCUT2D eigenvalue weighted by Crippen LogP contribution is -2.23. The Bertz CT molecular complexity index is 634. The predicted molar refractivity (Wildman–Crippen MR) is 94.2 cm³/mol. The molecule has 122 valence electrons. The second-order valence-corrected chi connectivity index (χ2v) is 5.25. The molecular formula is C19H24N2O2. The van der Waals surface area contributed by atoms with E-state index in [0.717, 1.165) is 18.7 Å². The van der Waals surface area contributed by atoms with Gasteiger partial charge in [-0.3, -0.25) is 4.79 Å². The highest BCUT2D eigenvalue weighted by Crippen LogP contribution is 2.15. The van der Waals surface area contributed by atoms with Gasteiger partial charge in [-0.2, -0.15) is 0 Å². The van der Waals surface area contributed by atoms with Gasteiger partial charge in [-0.25, -0.2) is 0 Å². The molecule has 0 aromatic heterocycles. The molecule has 0 heterocycles. The van der Waals surface area contributed by atoms with Crippen LogP contribution in [0.1, 0.15) is 29.8 Å². The minimum absolute atomic E-state index is 0.100. The standard InChI is InChI=1S/C19H24N2O2/c1-4-21(5-2)17-11-9-15(10-12-17)14-20-19(22)16-7-6-8-18(13-16)23-3/h6-13H,4-5,14H2,1-3H3,(H,20,22). The van der Waals surface area contributed by atoms with Gasteiger partial charge in [-0.1, -0.05) is 18.2 Å². The Kier molecular flexibility index (Phi) is 6.03. The molecule has 1 N–H and O–H groups in total. The fraction of sp³-hybridized carbons (Fsp3) is 0.316. The van der Waals surface area contributed by atoms with Gasteiger partial charge in [0.2, 0.25) is 0 Å². The van der Waals surface area contributed by atoms with Gasteiger partial charge < -0.3 is 15.0 Å². The Balaban J connectivity index is 1.96. The summed E-state index contributed by atoms with van der Waals surface area (Å²) in [5.41, 5.74) is 2.89. The molecule has 2 aromatic rings. The minimum atomic E-state index is -0.100. The molecule has 0 saturated carbocycles. The van der Waals surface area contributed by atoms with Gasteiger partial charge in [0, 0.05) is 30.9 Å². The molecule has 0 fully saturated rings. The van der Waals surface area contributed by atoms with E-state index < -0.39 is 0 Å². The smallest absolute Gasteiger partial charge is 0.251 e. The molecule has 0 aliphatic rings. The summed E-state index contributed by atoms with van der Waals surface area (Å²) < 4.78 is 5.14. The van der Waals surface area contributed by atoms with E-state index in [-0.39, 0.29) is 5.91 Å². The lowest BCUT2D eigenvalue weighted by molar-refractivity contribution is 0.0950. The molecule has 2 rings (SSSR count). The van der Waals surface area contributed by atoms with Gasteiger partial charge in [0.25, 0.3) is 5.91 Å². The molecule has 0 aliphatic heterocycles. The number of carbonyl (C=O) groups excluding carboxylic acids is 1. The summed E-state index contributed by atoms with van der Waals surface area (Å²) in [6.45, 7) is 6.77. The molecule has 0 atom stereocenters. The highest BCUT2D eigenvalue weighted by atomic mass is 16.5. The molecule has 0 bridgehead atoms. The van der Waals surface area contributed by atoms with Crippen molar-refractivity contribution >= 4 is 11.6 Å². The van der Waals surface area contributed by atoms with Crippen molar-refractivity contribution in [1.82, 2.24) is 5.32 Å². The van der Waals surface area contributed by atoms with Gasteiger partial charge in [0.15, 0.2) is 0 Å². The fourth-order valence-corrected chi connectivity index (χ4v) is 2.46. The number of carbonyl (C=O) groups is 1. The van der Waals surface area contributed by atoms with Crippen LogP contribution in [0.2, 0.25) is 0 Å². The number of benzene rings is 2. The van der Waals surface area contributed by atoms with Gasteiger partial charge in [-0.15, -0.1) is 0 Å². The third kappa shape index (κ3) is 4.49. The molecule has 23 heavy (non-hydrogen) atoms. The Morgan fingerprint density at radius 3 is 2.39 bits per heavy atom. The highest BCUT2D eigenvalue weighted by Gasteiger charge is 2.07. The number of anilines is 1. The summed E-state index contributed by atoms with van der Waals surface area (Å²) in [6, 6.07) is 15.5. The van der Waals surface area contributed by atoms with Crippen molar-refractivity contribution in [1.29, 1.82) is 0 Å². The highest BCUT2D eigenvalue weighted by molar-refractivity contribution is 5.94. The number of methoxy groups -OCH3 is 1. The Hall–Kier alpha value is -2.49. The van der Waals surface area contributed by atoms with E-state index in [0.29, 0.717) is 17.9 Å². The summed E-state index contributed by atoms with van der Waals surface area (Å²) in [5.74, 6) is 0.581. The first-order valence-electron chi connectivity index (χ1n) is 7.94. The summed E-state index contributed by atoms with van der Waals surface area (Å²) in [5, 5.41) is 2.94. The van der Waals surface area contributed by atoms with Crippen LogP contribution in [0, 0.1) is 0 Å². The molecule has 1 amide bonds. The van der Waals surface area contributed by atoms with E-state index in [2.05, 4.69) is 48.3 Å². The molecule has 0 unspecified atom stereocenters. The van der Waals surface area contributed by atoms with E-state index in [9.17, 15) is 4.79 Å². The van der Waals surface area contributed by atoms with Crippen LogP contribution >= 0.6 is 0 Å². The molecule has 0 saturated heterocycles. The van der Waals surface area contributed by atoms with Crippen LogP contribution in [0.15, 0.2) is 48.5 Å². The molecular weight excluding hydrogens is 288 g/mol. The van der Waals surface area contributed by atoms with Crippen LogP contribution in [0.4, 0.5) is 5.69 Å². The van der Waals surface area contributed by atoms with Gasteiger partial charge in [-0.05, 0) is 49.7 Å². The number of ether oxygens (including phenoxy) is 1. The van der Waals surface area contributed by atoms with Crippen molar-refractivity contribution in [2.45, 2.75) is 20.4 Å². The number of hydrogen-bond acceptors (Lipinski definition) is 3. The number of rotatable bonds is 7. The molecule has 4 heteroatoms. The first kappa shape index (κ1) is 16.9. The first-order valence-corrected chi connectivity index (χ1v) is 7.94. The number of nitrogens with zero attached hydrogens (tertiary/aromatic N) is 1. The SMILES string of the molecule is CCN(CC)c1ccc(CNC(=O)c2cccc(OC)c2)cc1. The zero-order valence-electron chi connectivity index (χ0n) is 14.0. The van der Waals surface area contributed by atoms with Crippen molar-refractivity contribution in [3.8, 4) is 5.75 Å². The number of hydrogen-bond donors (Lipinski definition) is 1. The van der Waals surface area contributed by atoms with Gasteiger partial charge in [0.05, 0.1) is 7.11 Å². The Morgan fingerprint density at radius 2 is 1.78 bits per heavy atom. The fourth-order valence-electron chi connectivity index (χ4n) is 2.46. The Labute approximate surface area is 138 Å². The maximum absolute atomic E-state index is 12.2. The Morgan fingerprint density at radius 1 is 1.09 bits per heavy atom. The minimum Gasteiger partial charge on any atom is -0.497 e. The predicted octanol–water partition coefficient (Wildman–Crippen LogP) is 3.47. The average Bonchev–Trinajstić information content (AvgIpc) is 2.61. The van der Waals surface area contributed by atoms with E-state index >= 15 is 0 Å². The molecule has 0 radical (unpaired) electrons. The van der Waals surface area contributed by atoms with Crippen molar-refractivity contribution in [2.75, 3.05) is 25.1 Å². The summed E-state index contributed by atoms with van der Waals surface area (Å²) in [4.78, 5) is 14.5. The van der Waals surface area contributed by atoms with E-state index in [1.807, 2.05) is 12.1 Å². The van der Waals surface area contributed by atoms with Crippen molar-refractivity contribution < 1.29 is 9.53 Å². The van der Waals surface area contributed by atoms with Gasteiger partial charge >= 0.3 is 0 Å². The van der Waals surface area contributed by atoms with Crippen LogP contribution in [-0.2, 0) is 6.54 Å². The first-order chi connectivity index (χ1) is 11.2. The largest absolute Gasteiger partial charge is 0.497 e. The maximum Gasteiger partial charge on any atom is 0.251 e. The molecule has 4 nitrogen and oxygen atoms in total. The molecule has 0 spiro atoms. The quantitative estimate of drug-likeness (QED) is 0.851.